The first-order chi connectivity index (χ1) is 19.2. The molecule has 14 unspecified atom stereocenters. The first-order valence-corrected chi connectivity index (χ1v) is 16.7. The molecule has 0 saturated carbocycles. The van der Waals surface area contributed by atoms with E-state index in [9.17, 15) is 14.4 Å². The summed E-state index contributed by atoms with van der Waals surface area (Å²) in [5.41, 5.74) is 0. The van der Waals surface area contributed by atoms with Gasteiger partial charge in [0.15, 0.2) is 0 Å². The van der Waals surface area contributed by atoms with Crippen molar-refractivity contribution in [3.63, 3.8) is 0 Å². The van der Waals surface area contributed by atoms with Gasteiger partial charge < -0.3 is 69.6 Å². The van der Waals surface area contributed by atoms with E-state index in [4.69, 9.17) is 32.9 Å². The Hall–Kier alpha value is 1.65. The predicted octanol–water partition coefficient (Wildman–Crippen LogP) is 4.70. The van der Waals surface area contributed by atoms with E-state index in [1.165, 1.54) is 0 Å². The molecule has 15 heteroatoms. The van der Waals surface area contributed by atoms with E-state index in [2.05, 4.69) is 27.4 Å². The summed E-state index contributed by atoms with van der Waals surface area (Å²) in [6, 6.07) is 0. The summed E-state index contributed by atoms with van der Waals surface area (Å²) in [4.78, 5) is 32.0. The third kappa shape index (κ3) is 18.2. The van der Waals surface area contributed by atoms with Gasteiger partial charge in [0.2, 0.25) is 0 Å². The van der Waals surface area contributed by atoms with Crippen molar-refractivity contribution in [3.8, 4) is 0 Å². The number of carbonyl (C=O) groups excluding carboxylic acids is 3. The maximum Gasteiger partial charge on any atom is 2.00 e. The minimum absolute atomic E-state index is 0. The molecule has 0 aromatic heterocycles. The van der Waals surface area contributed by atoms with Gasteiger partial charge in [-0.05, 0) is 25.2 Å². The molecular formula is C31H58O10P2W3. The zero-order valence-electron chi connectivity index (χ0n) is 29.4. The Balaban J connectivity index is -0.000000123. The van der Waals surface area contributed by atoms with Gasteiger partial charge in [0.05, 0.1) is 18.3 Å². The van der Waals surface area contributed by atoms with Crippen LogP contribution >= 0.6 is 17.4 Å². The summed E-state index contributed by atoms with van der Waals surface area (Å²) in [5, 5.41) is 0. The molecule has 270 valence electrons. The van der Waals surface area contributed by atoms with Crippen LogP contribution in [0, 0.1) is 71.7 Å². The van der Waals surface area contributed by atoms with E-state index in [1.54, 1.807) is 34.5 Å². The van der Waals surface area contributed by atoms with Crippen LogP contribution in [0.2, 0.25) is 0 Å². The standard InChI is InChI=1S/C10H18O3P.C9H16O4P.C9H15O3.3CH3.3W/c1-7-8(6-14-3)5-13-9(4-11)10(7)12-2;1-6-5-12-7(4-10)9(11-2)8(6)13-14-3;1-6-5-12-8(4-10)9(11-3)7(6)2;;;;;;/h4-5,7-10,14H,6H2,1-3H3;4-9,14H,1-3H3;4-9H,1-3H3;3*1H3;;;/q6*-1;3*+2. The van der Waals surface area contributed by atoms with Crippen LogP contribution < -0.4 is 0 Å². The quantitative estimate of drug-likeness (QED) is 0.173. The van der Waals surface area contributed by atoms with Crippen molar-refractivity contribution in [2.45, 2.75) is 70.4 Å². The largest absolute Gasteiger partial charge is 2.00 e. The van der Waals surface area contributed by atoms with Crippen LogP contribution in [0.1, 0.15) is 27.7 Å². The number of hydrogen-bond donors (Lipinski definition) is 0. The van der Waals surface area contributed by atoms with Gasteiger partial charge in [-0.1, -0.05) is 33.9 Å². The molecule has 14 atom stereocenters. The Morgan fingerprint density at radius 1 is 0.609 bits per heavy atom. The van der Waals surface area contributed by atoms with Gasteiger partial charge in [0.25, 0.3) is 0 Å². The second kappa shape index (κ2) is 33.8. The van der Waals surface area contributed by atoms with Crippen LogP contribution in [0.4, 0.5) is 0 Å². The third-order valence-electron chi connectivity index (χ3n) is 7.58. The van der Waals surface area contributed by atoms with Crippen molar-refractivity contribution < 1.29 is 111 Å². The Bertz CT molecular complexity index is 734. The van der Waals surface area contributed by atoms with Crippen molar-refractivity contribution >= 4 is 36.2 Å². The van der Waals surface area contributed by atoms with E-state index in [0.717, 1.165) is 33.6 Å². The van der Waals surface area contributed by atoms with Gasteiger partial charge in [-0.25, -0.2) is 19.8 Å². The number of rotatable bonds is 10. The monoisotopic (exact) mass is 1200 g/mol. The number of carbonyl (C=O) groups is 3. The van der Waals surface area contributed by atoms with Crippen LogP contribution in [0.3, 0.4) is 0 Å². The van der Waals surface area contributed by atoms with Crippen LogP contribution in [0.5, 0.6) is 0 Å². The van der Waals surface area contributed by atoms with Gasteiger partial charge in [-0.2, -0.15) is 0 Å². The van der Waals surface area contributed by atoms with E-state index < -0.39 is 18.3 Å². The van der Waals surface area contributed by atoms with Gasteiger partial charge in [-0.15, -0.1) is 26.3 Å². The fraction of sp³-hybridized carbons (Fsp3) is 0.710. The molecule has 10 nitrogen and oxygen atoms in total. The van der Waals surface area contributed by atoms with Gasteiger partial charge in [-0.3, -0.25) is 0 Å². The van der Waals surface area contributed by atoms with Gasteiger partial charge in [0, 0.05) is 30.1 Å². The topological polar surface area (TPSA) is 116 Å². The molecule has 3 fully saturated rings. The van der Waals surface area contributed by atoms with E-state index in [-0.39, 0.29) is 116 Å². The van der Waals surface area contributed by atoms with Crippen LogP contribution in [0.25, 0.3) is 0 Å². The van der Waals surface area contributed by atoms with E-state index in [1.807, 2.05) is 20.2 Å². The maximum absolute atomic E-state index is 10.7. The summed E-state index contributed by atoms with van der Waals surface area (Å²) in [6.45, 7) is 17.5. The molecule has 0 aromatic carbocycles. The molecule has 3 heterocycles. The molecule has 3 saturated heterocycles. The number of hydrogen-bond acceptors (Lipinski definition) is 10. The first-order valence-electron chi connectivity index (χ1n) is 13.6. The second-order valence-corrected chi connectivity index (χ2v) is 11.9. The van der Waals surface area contributed by atoms with Crippen molar-refractivity contribution in [1.29, 1.82) is 0 Å². The van der Waals surface area contributed by atoms with Crippen LogP contribution in [0.15, 0.2) is 0 Å². The predicted molar refractivity (Wildman–Crippen MR) is 176 cm³/mol. The first kappa shape index (κ1) is 59.8. The third-order valence-corrected chi connectivity index (χ3v) is 8.97. The van der Waals surface area contributed by atoms with Crippen molar-refractivity contribution in [2.75, 3.05) is 40.8 Å². The minimum Gasteiger partial charge on any atom is -0.542 e. The number of ether oxygens (including phenoxy) is 6. The second-order valence-electron chi connectivity index (χ2n) is 10.2. The summed E-state index contributed by atoms with van der Waals surface area (Å²) < 4.78 is 37.1. The van der Waals surface area contributed by atoms with E-state index >= 15 is 0 Å². The molecule has 0 spiro atoms. The normalized spacial score (nSPS) is 34.9. The fourth-order valence-electron chi connectivity index (χ4n) is 4.88. The van der Waals surface area contributed by atoms with Gasteiger partial charge in [0.1, 0.15) is 43.3 Å². The van der Waals surface area contributed by atoms with Gasteiger partial charge >= 0.3 is 63.2 Å². The molecule has 46 heavy (non-hydrogen) atoms. The van der Waals surface area contributed by atoms with Crippen molar-refractivity contribution in [2.24, 2.45) is 29.6 Å². The maximum atomic E-state index is 10.7. The summed E-state index contributed by atoms with van der Waals surface area (Å²) in [5.74, 6) is 1.59. The van der Waals surface area contributed by atoms with Crippen molar-refractivity contribution in [1.82, 2.24) is 0 Å². The smallest absolute Gasteiger partial charge is 0.542 e. The SMILES string of the molecule is COC1C(C=O)O[CH-]C(C)C1C.COC1C(C=O)O[CH-]C(C)C1OPC.COC1C(C=O)O[CH-]C(CPC)C1C.[CH3-].[CH3-].[CH3-].[W+2].[W+2].[W+2]. The Kier molecular flexibility index (Phi) is 43.9. The number of aldehydes is 3. The Labute approximate surface area is 327 Å². The fourth-order valence-corrected chi connectivity index (χ4v) is 6.44. The molecule has 3 aliphatic rings. The summed E-state index contributed by atoms with van der Waals surface area (Å²) in [6.07, 6.45) is 1.50. The molecule has 3 aliphatic heterocycles. The average molecular weight is 1200 g/mol. The number of methoxy groups -OCH3 is 3. The Morgan fingerprint density at radius 2 is 1.00 bits per heavy atom. The van der Waals surface area contributed by atoms with Crippen LogP contribution in [-0.2, 0) is 111 Å². The Morgan fingerprint density at radius 3 is 1.39 bits per heavy atom. The molecule has 0 aromatic rings. The molecule has 3 rings (SSSR count). The average Bonchev–Trinajstić information content (AvgIpc) is 2.97. The van der Waals surface area contributed by atoms with E-state index in [0.29, 0.717) is 32.5 Å². The molecule has 0 bridgehead atoms. The zero-order valence-corrected chi connectivity index (χ0v) is 40.2. The van der Waals surface area contributed by atoms with Crippen molar-refractivity contribution in [3.05, 3.63) is 42.1 Å². The van der Waals surface area contributed by atoms with Crippen LogP contribution in [-0.4, -0.2) is 102 Å². The summed E-state index contributed by atoms with van der Waals surface area (Å²) >= 11 is 0. The summed E-state index contributed by atoms with van der Waals surface area (Å²) in [7, 11) is 6.10. The molecule has 0 radical (unpaired) electrons. The molecule has 0 amide bonds. The molecular weight excluding hydrogens is 1150 g/mol. The minimum atomic E-state index is -0.544. The molecule has 0 aliphatic carbocycles. The molecule has 0 N–H and O–H groups in total. The zero-order chi connectivity index (χ0) is 30.2.